The summed E-state index contributed by atoms with van der Waals surface area (Å²) in [6, 6.07) is 12.3. The molecule has 2 rings (SSSR count). The van der Waals surface area contributed by atoms with Crippen molar-refractivity contribution in [2.45, 2.75) is 33.6 Å². The van der Waals surface area contributed by atoms with E-state index in [4.69, 9.17) is 0 Å². The molecule has 0 N–H and O–H groups in total. The molecule has 0 unspecified atom stereocenters. The lowest BCUT2D eigenvalue weighted by atomic mass is 10.1. The highest BCUT2D eigenvalue weighted by Crippen LogP contribution is 2.18. The van der Waals surface area contributed by atoms with Crippen LogP contribution >= 0.6 is 0 Å². The zero-order chi connectivity index (χ0) is 18.9. The summed E-state index contributed by atoms with van der Waals surface area (Å²) >= 11 is 0. The van der Waals surface area contributed by atoms with Crippen LogP contribution in [-0.2, 0) is 0 Å². The molecule has 0 aromatic heterocycles. The Morgan fingerprint density at radius 3 is 2.12 bits per heavy atom. The number of nitriles is 2. The van der Waals surface area contributed by atoms with Crippen LogP contribution in [-0.4, -0.2) is 24.5 Å². The minimum Gasteiger partial charge on any atom is -0.372 e. The summed E-state index contributed by atoms with van der Waals surface area (Å²) in [4.78, 5) is 10.9. The van der Waals surface area contributed by atoms with Crippen molar-refractivity contribution < 1.29 is 0 Å². The summed E-state index contributed by atoms with van der Waals surface area (Å²) in [5.74, 6) is 0. The highest BCUT2D eigenvalue weighted by atomic mass is 15.1. The number of anilines is 1. The number of aliphatic imine (C=N–C) groups is 2. The summed E-state index contributed by atoms with van der Waals surface area (Å²) in [7, 11) is 0. The van der Waals surface area contributed by atoms with Gasteiger partial charge in [0.15, 0.2) is 11.4 Å². The molecule has 0 radical (unpaired) electrons. The van der Waals surface area contributed by atoms with Gasteiger partial charge in [-0.05, 0) is 44.0 Å². The number of hydrogen-bond donors (Lipinski definition) is 0. The Bertz CT molecular complexity index is 838. The van der Waals surface area contributed by atoms with Crippen molar-refractivity contribution in [1.82, 2.24) is 0 Å². The minimum absolute atomic E-state index is 0.0764. The molecule has 1 aromatic rings. The van der Waals surface area contributed by atoms with Crippen molar-refractivity contribution in [3.05, 3.63) is 47.3 Å². The number of rotatable bonds is 6. The second-order valence-electron chi connectivity index (χ2n) is 5.83. The average Bonchev–Trinajstić information content (AvgIpc) is 2.86. The van der Waals surface area contributed by atoms with E-state index in [9.17, 15) is 10.5 Å². The summed E-state index contributed by atoms with van der Waals surface area (Å²) < 4.78 is 0. The van der Waals surface area contributed by atoms with Crippen LogP contribution in [0.5, 0.6) is 0 Å². The fraction of sp³-hybridized carbons (Fsp3) is 0.333. The first-order valence-electron chi connectivity index (χ1n) is 8.86. The number of hydrogen-bond acceptors (Lipinski definition) is 5. The Kier molecular flexibility index (Phi) is 6.88. The van der Waals surface area contributed by atoms with Gasteiger partial charge < -0.3 is 4.90 Å². The Morgan fingerprint density at radius 1 is 0.962 bits per heavy atom. The van der Waals surface area contributed by atoms with Crippen molar-refractivity contribution >= 4 is 23.2 Å². The third-order valence-electron chi connectivity index (χ3n) is 4.24. The van der Waals surface area contributed by atoms with E-state index in [1.54, 1.807) is 0 Å². The van der Waals surface area contributed by atoms with Gasteiger partial charge in [0.1, 0.15) is 12.1 Å². The van der Waals surface area contributed by atoms with Gasteiger partial charge in [0.25, 0.3) is 0 Å². The van der Waals surface area contributed by atoms with E-state index in [2.05, 4.69) is 53.0 Å². The monoisotopic (exact) mass is 345 g/mol. The molecule has 1 aliphatic heterocycles. The molecule has 0 bridgehead atoms. The van der Waals surface area contributed by atoms with Crippen LogP contribution in [0.3, 0.4) is 0 Å². The highest BCUT2D eigenvalue weighted by molar-refractivity contribution is 6.12. The number of allylic oxidation sites excluding steroid dienone is 3. The largest absolute Gasteiger partial charge is 0.372 e. The fourth-order valence-corrected chi connectivity index (χ4v) is 2.73. The molecular weight excluding hydrogens is 322 g/mol. The predicted octanol–water partition coefficient (Wildman–Crippen LogP) is 4.50. The molecule has 5 heteroatoms. The highest BCUT2D eigenvalue weighted by Gasteiger charge is 2.13. The third kappa shape index (κ3) is 4.68. The van der Waals surface area contributed by atoms with E-state index in [1.165, 1.54) is 5.69 Å². The molecule has 0 aliphatic carbocycles. The van der Waals surface area contributed by atoms with Gasteiger partial charge >= 0.3 is 0 Å². The lowest BCUT2D eigenvalue weighted by Gasteiger charge is -2.20. The average molecular weight is 345 g/mol. The van der Waals surface area contributed by atoms with Crippen LogP contribution in [0.4, 0.5) is 5.69 Å². The SMILES string of the molecule is CCC1=NC(C#N)=C(C#N)N=C(/C=C/c2ccc(N(CC)CC)cc2)C1. The van der Waals surface area contributed by atoms with Crippen LogP contribution in [0.2, 0.25) is 0 Å². The summed E-state index contributed by atoms with van der Waals surface area (Å²) in [5.41, 5.74) is 4.02. The van der Waals surface area contributed by atoms with Gasteiger partial charge in [-0.2, -0.15) is 10.5 Å². The molecule has 0 spiro atoms. The second-order valence-corrected chi connectivity index (χ2v) is 5.83. The topological polar surface area (TPSA) is 75.5 Å². The quantitative estimate of drug-likeness (QED) is 0.761. The van der Waals surface area contributed by atoms with Gasteiger partial charge in [-0.1, -0.05) is 25.1 Å². The third-order valence-corrected chi connectivity index (χ3v) is 4.24. The molecule has 132 valence electrons. The van der Waals surface area contributed by atoms with Crippen LogP contribution in [0.1, 0.15) is 39.2 Å². The lowest BCUT2D eigenvalue weighted by Crippen LogP contribution is -2.21. The van der Waals surface area contributed by atoms with Gasteiger partial charge in [-0.15, -0.1) is 0 Å². The van der Waals surface area contributed by atoms with Crippen molar-refractivity contribution in [1.29, 1.82) is 10.5 Å². The standard InChI is InChI=1S/C21H23N5/c1-4-17-13-18(25-21(15-23)20(14-22)24-17)10-7-16-8-11-19(12-9-16)26(5-2)6-3/h7-12H,4-6,13H2,1-3H3/b10-7+. The molecule has 0 fully saturated rings. The Hall–Kier alpha value is -3.18. The van der Waals surface area contributed by atoms with Crippen molar-refractivity contribution in [3.8, 4) is 12.1 Å². The molecule has 1 aromatic carbocycles. The minimum atomic E-state index is 0.0764. The molecule has 0 saturated heterocycles. The first kappa shape index (κ1) is 19.1. The molecule has 0 saturated carbocycles. The molecule has 1 heterocycles. The van der Waals surface area contributed by atoms with Gasteiger partial charge in [-0.25, -0.2) is 9.98 Å². The maximum atomic E-state index is 9.24. The predicted molar refractivity (Wildman–Crippen MR) is 107 cm³/mol. The number of nitrogens with zero attached hydrogens (tertiary/aromatic N) is 5. The van der Waals surface area contributed by atoms with Crippen LogP contribution in [0, 0.1) is 22.7 Å². The van der Waals surface area contributed by atoms with E-state index in [0.29, 0.717) is 6.42 Å². The van der Waals surface area contributed by atoms with Crippen LogP contribution < -0.4 is 4.90 Å². The molecule has 5 nitrogen and oxygen atoms in total. The van der Waals surface area contributed by atoms with E-state index in [0.717, 1.165) is 36.5 Å². The molecule has 0 amide bonds. The Morgan fingerprint density at radius 2 is 1.58 bits per heavy atom. The van der Waals surface area contributed by atoms with Crippen molar-refractivity contribution in [2.75, 3.05) is 18.0 Å². The zero-order valence-corrected chi connectivity index (χ0v) is 15.5. The molecular formula is C21H23N5. The molecule has 26 heavy (non-hydrogen) atoms. The van der Waals surface area contributed by atoms with Crippen molar-refractivity contribution in [2.24, 2.45) is 9.98 Å². The summed E-state index contributed by atoms with van der Waals surface area (Å²) in [6.45, 7) is 8.23. The van der Waals surface area contributed by atoms with E-state index >= 15 is 0 Å². The normalized spacial score (nSPS) is 14.3. The summed E-state index contributed by atoms with van der Waals surface area (Å²) in [6.07, 6.45) is 5.13. The first-order valence-corrected chi connectivity index (χ1v) is 8.86. The van der Waals surface area contributed by atoms with Crippen LogP contribution in [0.25, 0.3) is 6.08 Å². The first-order chi connectivity index (χ1) is 12.6. The van der Waals surface area contributed by atoms with Crippen molar-refractivity contribution in [3.63, 3.8) is 0 Å². The van der Waals surface area contributed by atoms with E-state index in [1.807, 2.05) is 31.2 Å². The molecule has 1 aliphatic rings. The van der Waals surface area contributed by atoms with Crippen LogP contribution in [0.15, 0.2) is 51.7 Å². The van der Waals surface area contributed by atoms with Gasteiger partial charge in [0.05, 0.1) is 0 Å². The maximum absolute atomic E-state index is 9.24. The maximum Gasteiger partial charge on any atom is 0.177 e. The van der Waals surface area contributed by atoms with Gasteiger partial charge in [0.2, 0.25) is 0 Å². The fourth-order valence-electron chi connectivity index (χ4n) is 2.73. The zero-order valence-electron chi connectivity index (χ0n) is 15.5. The molecule has 0 atom stereocenters. The lowest BCUT2D eigenvalue weighted by molar-refractivity contribution is 0.866. The summed E-state index contributed by atoms with van der Waals surface area (Å²) in [5, 5.41) is 18.4. The number of benzene rings is 1. The Labute approximate surface area is 155 Å². The Balaban J connectivity index is 2.26. The van der Waals surface area contributed by atoms with E-state index < -0.39 is 0 Å². The van der Waals surface area contributed by atoms with Gasteiger partial charge in [0, 0.05) is 36.6 Å². The van der Waals surface area contributed by atoms with E-state index in [-0.39, 0.29) is 11.4 Å². The smallest absolute Gasteiger partial charge is 0.177 e. The van der Waals surface area contributed by atoms with Gasteiger partial charge in [-0.3, -0.25) is 0 Å². The second kappa shape index (κ2) is 9.34.